The highest BCUT2D eigenvalue weighted by atomic mass is 16.7. The molecule has 3 aliphatic heterocycles. The van der Waals surface area contributed by atoms with Crippen molar-refractivity contribution in [3.63, 3.8) is 0 Å². The highest BCUT2D eigenvalue weighted by Crippen LogP contribution is 2.38. The van der Waals surface area contributed by atoms with E-state index < -0.39 is 5.97 Å². The van der Waals surface area contributed by atoms with Gasteiger partial charge in [0.15, 0.2) is 17.2 Å². The Morgan fingerprint density at radius 3 is 2.75 bits per heavy atom. The van der Waals surface area contributed by atoms with Crippen LogP contribution >= 0.6 is 0 Å². The summed E-state index contributed by atoms with van der Waals surface area (Å²) in [6.07, 6.45) is 2.61. The van der Waals surface area contributed by atoms with Crippen molar-refractivity contribution in [1.29, 1.82) is 0 Å². The SMILES string of the molecule is CON=C(C(=O)OC)C1=CC2=[N+](C(C)c3ccc4c(c3)OCO4)OC1=C(C)C2. The number of carbonyl (C=O) groups is 1. The molecule has 1 atom stereocenters. The van der Waals surface area contributed by atoms with E-state index in [0.717, 1.165) is 34.8 Å². The van der Waals surface area contributed by atoms with Crippen LogP contribution in [0.2, 0.25) is 0 Å². The van der Waals surface area contributed by atoms with Crippen LogP contribution in [0.5, 0.6) is 11.5 Å². The first-order chi connectivity index (χ1) is 13.5. The maximum Gasteiger partial charge on any atom is 0.360 e. The minimum absolute atomic E-state index is 0.0759. The lowest BCUT2D eigenvalue weighted by Crippen LogP contribution is -2.35. The van der Waals surface area contributed by atoms with Gasteiger partial charge in [0.2, 0.25) is 24.3 Å². The summed E-state index contributed by atoms with van der Waals surface area (Å²) in [6.45, 7) is 4.24. The van der Waals surface area contributed by atoms with E-state index in [2.05, 4.69) is 5.16 Å². The number of esters is 1. The quantitative estimate of drug-likeness (QED) is 0.336. The Balaban J connectivity index is 1.72. The van der Waals surface area contributed by atoms with E-state index in [9.17, 15) is 4.79 Å². The molecule has 0 aromatic heterocycles. The third-order valence-corrected chi connectivity index (χ3v) is 4.91. The number of hydrogen-bond acceptors (Lipinski definition) is 7. The second-order valence-corrected chi connectivity index (χ2v) is 6.66. The van der Waals surface area contributed by atoms with Crippen molar-refractivity contribution >= 4 is 17.4 Å². The third-order valence-electron chi connectivity index (χ3n) is 4.91. The summed E-state index contributed by atoms with van der Waals surface area (Å²) in [5.74, 6) is 1.47. The zero-order chi connectivity index (χ0) is 19.8. The van der Waals surface area contributed by atoms with Crippen molar-refractivity contribution in [3.05, 3.63) is 46.7 Å². The normalized spacial score (nSPS) is 18.7. The summed E-state index contributed by atoms with van der Waals surface area (Å²) in [5, 5.41) is 3.84. The van der Waals surface area contributed by atoms with Crippen molar-refractivity contribution < 1.29 is 33.4 Å². The number of hydroxylamine groups is 1. The van der Waals surface area contributed by atoms with E-state index in [-0.39, 0.29) is 18.5 Å². The molecule has 0 N–H and O–H groups in total. The molecule has 3 heterocycles. The first-order valence-electron chi connectivity index (χ1n) is 8.87. The summed E-state index contributed by atoms with van der Waals surface area (Å²) in [4.78, 5) is 23.1. The molecule has 2 bridgehead atoms. The van der Waals surface area contributed by atoms with Gasteiger partial charge in [-0.05, 0) is 35.4 Å². The molecule has 5 rings (SSSR count). The molecule has 1 aliphatic carbocycles. The van der Waals surface area contributed by atoms with Gasteiger partial charge in [-0.15, -0.1) is 0 Å². The lowest BCUT2D eigenvalue weighted by molar-refractivity contribution is -0.803. The highest BCUT2D eigenvalue weighted by molar-refractivity contribution is 6.45. The van der Waals surface area contributed by atoms with Crippen LogP contribution in [-0.4, -0.2) is 43.1 Å². The minimum atomic E-state index is -0.583. The van der Waals surface area contributed by atoms with Gasteiger partial charge in [-0.1, -0.05) is 5.16 Å². The Bertz CT molecular complexity index is 973. The van der Waals surface area contributed by atoms with Gasteiger partial charge in [0.05, 0.1) is 19.1 Å². The van der Waals surface area contributed by atoms with Crippen LogP contribution in [0.25, 0.3) is 0 Å². The first-order valence-corrected chi connectivity index (χ1v) is 8.87. The summed E-state index contributed by atoms with van der Waals surface area (Å²) in [6, 6.07) is 5.76. The molecule has 8 nitrogen and oxygen atoms in total. The lowest BCUT2D eigenvalue weighted by atomic mass is 9.92. The van der Waals surface area contributed by atoms with E-state index in [1.165, 1.54) is 14.2 Å². The van der Waals surface area contributed by atoms with Crippen molar-refractivity contribution in [2.45, 2.75) is 26.3 Å². The average molecular weight is 385 g/mol. The summed E-state index contributed by atoms with van der Waals surface area (Å²) < 4.78 is 17.5. The van der Waals surface area contributed by atoms with Crippen molar-refractivity contribution in [2.75, 3.05) is 21.0 Å². The molecule has 0 saturated heterocycles. The molecule has 0 radical (unpaired) electrons. The fourth-order valence-electron chi connectivity index (χ4n) is 3.49. The predicted molar refractivity (Wildman–Crippen MR) is 99.2 cm³/mol. The Morgan fingerprint density at radius 1 is 1.25 bits per heavy atom. The zero-order valence-corrected chi connectivity index (χ0v) is 16.1. The van der Waals surface area contributed by atoms with Crippen LogP contribution in [-0.2, 0) is 19.2 Å². The number of carbonyl (C=O) groups excluding carboxylic acids is 1. The minimum Gasteiger partial charge on any atom is -0.464 e. The van der Waals surface area contributed by atoms with Gasteiger partial charge < -0.3 is 19.0 Å². The lowest BCUT2D eigenvalue weighted by Gasteiger charge is -2.25. The average Bonchev–Trinajstić information content (AvgIpc) is 3.18. The second-order valence-electron chi connectivity index (χ2n) is 6.66. The molecule has 8 heteroatoms. The maximum absolute atomic E-state index is 12.1. The summed E-state index contributed by atoms with van der Waals surface area (Å²) in [5.41, 5.74) is 3.58. The fraction of sp³-hybridized carbons (Fsp3) is 0.350. The number of methoxy groups -OCH3 is 1. The van der Waals surface area contributed by atoms with E-state index in [4.69, 9.17) is 23.9 Å². The Kier molecular flexibility index (Phi) is 4.54. The molecule has 0 fully saturated rings. The third kappa shape index (κ3) is 2.90. The first kappa shape index (κ1) is 18.1. The summed E-state index contributed by atoms with van der Waals surface area (Å²) >= 11 is 0. The number of nitrogens with zero attached hydrogens (tertiary/aromatic N) is 2. The maximum atomic E-state index is 12.1. The Labute approximate surface area is 162 Å². The predicted octanol–water partition coefficient (Wildman–Crippen LogP) is 2.65. The molecule has 1 unspecified atom stereocenters. The van der Waals surface area contributed by atoms with Crippen LogP contribution in [0.4, 0.5) is 0 Å². The number of oxime groups is 1. The summed E-state index contributed by atoms with van der Waals surface area (Å²) in [7, 11) is 2.69. The number of hydrogen-bond donors (Lipinski definition) is 0. The molecule has 1 aromatic carbocycles. The highest BCUT2D eigenvalue weighted by Gasteiger charge is 2.41. The van der Waals surface area contributed by atoms with Crippen molar-refractivity contribution in [2.24, 2.45) is 5.16 Å². The molecule has 146 valence electrons. The van der Waals surface area contributed by atoms with E-state index in [1.807, 2.05) is 42.9 Å². The van der Waals surface area contributed by atoms with Crippen LogP contribution in [0.1, 0.15) is 31.9 Å². The van der Waals surface area contributed by atoms with Crippen molar-refractivity contribution in [3.8, 4) is 11.5 Å². The van der Waals surface area contributed by atoms with E-state index in [1.54, 1.807) is 0 Å². The standard InChI is InChI=1S/C20H21N2O6/c1-11-7-14-9-15(18(21-25-4)20(23)24-3)19(11)28-22(14)12(2)13-5-6-16-17(8-13)27-10-26-16/h5-6,8-9,12H,7,10H2,1-4H3/q+1. The fourth-order valence-corrected chi connectivity index (χ4v) is 3.49. The number of allylic oxidation sites excluding steroid dienone is 3. The Morgan fingerprint density at radius 2 is 2.04 bits per heavy atom. The number of fused-ring (bicyclic) bond motifs is 3. The van der Waals surface area contributed by atoms with Gasteiger partial charge in [-0.25, -0.2) is 9.63 Å². The zero-order valence-electron chi connectivity index (χ0n) is 16.1. The van der Waals surface area contributed by atoms with Gasteiger partial charge in [0.1, 0.15) is 7.11 Å². The van der Waals surface area contributed by atoms with Gasteiger partial charge in [0.25, 0.3) is 0 Å². The molecule has 4 aliphatic rings. The van der Waals surface area contributed by atoms with Crippen LogP contribution in [0, 0.1) is 0 Å². The Hall–Kier alpha value is -3.29. The monoisotopic (exact) mass is 385 g/mol. The van der Waals surface area contributed by atoms with Crippen LogP contribution in [0.15, 0.2) is 46.3 Å². The molecule has 0 saturated carbocycles. The molecular formula is C20H21N2O6+. The van der Waals surface area contributed by atoms with Gasteiger partial charge in [-0.3, -0.25) is 0 Å². The largest absolute Gasteiger partial charge is 0.464 e. The number of benzene rings is 1. The second kappa shape index (κ2) is 7.03. The van der Waals surface area contributed by atoms with Gasteiger partial charge >= 0.3 is 5.97 Å². The molecular weight excluding hydrogens is 364 g/mol. The topological polar surface area (TPSA) is 78.6 Å². The smallest absolute Gasteiger partial charge is 0.360 e. The van der Waals surface area contributed by atoms with Gasteiger partial charge in [-0.2, -0.15) is 0 Å². The van der Waals surface area contributed by atoms with Crippen molar-refractivity contribution in [1.82, 2.24) is 0 Å². The molecule has 1 aromatic rings. The molecule has 28 heavy (non-hydrogen) atoms. The molecule has 0 spiro atoms. The van der Waals surface area contributed by atoms with Gasteiger partial charge in [0, 0.05) is 18.6 Å². The number of ether oxygens (including phenoxy) is 3. The molecule has 0 amide bonds. The number of rotatable bonds is 5. The van der Waals surface area contributed by atoms with Crippen LogP contribution in [0.3, 0.4) is 0 Å². The van der Waals surface area contributed by atoms with Crippen LogP contribution < -0.4 is 9.47 Å². The van der Waals surface area contributed by atoms with E-state index >= 15 is 0 Å². The van der Waals surface area contributed by atoms with E-state index in [0.29, 0.717) is 11.3 Å².